The third kappa shape index (κ3) is 56.8. The summed E-state index contributed by atoms with van der Waals surface area (Å²) in [6.07, 6.45) is 67.6. The molecule has 0 radical (unpaired) electrons. The van der Waals surface area contributed by atoms with Crippen LogP contribution >= 0.6 is 7.82 Å². The summed E-state index contributed by atoms with van der Waals surface area (Å²) in [5, 5.41) is 14.0. The van der Waals surface area contributed by atoms with E-state index < -0.39 is 20.0 Å². The number of amides is 1. The van der Waals surface area contributed by atoms with Crippen LogP contribution in [0.3, 0.4) is 0 Å². The first-order valence-corrected chi connectivity index (χ1v) is 33.1. The molecule has 0 heterocycles. The van der Waals surface area contributed by atoms with E-state index in [1.807, 2.05) is 27.2 Å². The van der Waals surface area contributed by atoms with Crippen molar-refractivity contribution >= 4 is 13.7 Å². The lowest BCUT2D eigenvalue weighted by Crippen LogP contribution is -2.45. The molecular formula is C62H126N2O6P+. The summed E-state index contributed by atoms with van der Waals surface area (Å²) >= 11 is 0. The second kappa shape index (κ2) is 54.0. The number of aliphatic hydroxyl groups excluding tert-OH is 1. The van der Waals surface area contributed by atoms with Gasteiger partial charge in [0.25, 0.3) is 0 Å². The predicted molar refractivity (Wildman–Crippen MR) is 309 cm³/mol. The van der Waals surface area contributed by atoms with E-state index in [2.05, 4.69) is 19.2 Å². The maximum atomic E-state index is 13.0. The summed E-state index contributed by atoms with van der Waals surface area (Å²) in [7, 11) is 1.59. The number of phosphoric acid groups is 1. The van der Waals surface area contributed by atoms with E-state index in [1.165, 1.54) is 276 Å². The zero-order valence-corrected chi connectivity index (χ0v) is 49.4. The Hall–Kier alpha value is -0.760. The molecule has 0 bridgehead atoms. The fraction of sp³-hybridized carbons (Fsp3) is 0.952. The minimum atomic E-state index is -4.35. The molecule has 71 heavy (non-hydrogen) atoms. The maximum absolute atomic E-state index is 13.0. The molecule has 0 saturated heterocycles. The van der Waals surface area contributed by atoms with E-state index in [0.717, 1.165) is 32.1 Å². The van der Waals surface area contributed by atoms with Crippen molar-refractivity contribution in [3.63, 3.8) is 0 Å². The van der Waals surface area contributed by atoms with Crippen molar-refractivity contribution in [2.45, 2.75) is 341 Å². The predicted octanol–water partition coefficient (Wildman–Crippen LogP) is 19.4. The number of aliphatic hydroxyl groups is 1. The minimum Gasteiger partial charge on any atom is -0.387 e. The number of carbonyl (C=O) groups is 1. The molecule has 3 N–H and O–H groups in total. The van der Waals surface area contributed by atoms with Crippen molar-refractivity contribution in [3.05, 3.63) is 12.2 Å². The molecular weight excluding hydrogens is 900 g/mol. The van der Waals surface area contributed by atoms with Gasteiger partial charge in [0.1, 0.15) is 13.2 Å². The Balaban J connectivity index is 4.11. The average molecular weight is 1030 g/mol. The van der Waals surface area contributed by atoms with Crippen molar-refractivity contribution in [1.29, 1.82) is 0 Å². The van der Waals surface area contributed by atoms with E-state index in [-0.39, 0.29) is 19.1 Å². The molecule has 0 aliphatic rings. The number of rotatable bonds is 59. The highest BCUT2D eigenvalue weighted by Crippen LogP contribution is 2.43. The number of likely N-dealkylation sites (N-methyl/N-ethyl adjacent to an activating group) is 1. The van der Waals surface area contributed by atoms with Gasteiger partial charge >= 0.3 is 7.82 Å². The monoisotopic (exact) mass is 1030 g/mol. The van der Waals surface area contributed by atoms with E-state index in [1.54, 1.807) is 6.08 Å². The normalized spacial score (nSPS) is 13.8. The van der Waals surface area contributed by atoms with Crippen LogP contribution in [0, 0.1) is 0 Å². The zero-order chi connectivity index (χ0) is 52.0. The summed E-state index contributed by atoms with van der Waals surface area (Å²) in [5.74, 6) is -0.168. The average Bonchev–Trinajstić information content (AvgIpc) is 3.33. The number of nitrogens with one attached hydrogen (secondary N) is 1. The third-order valence-electron chi connectivity index (χ3n) is 14.8. The second-order valence-electron chi connectivity index (χ2n) is 23.2. The van der Waals surface area contributed by atoms with Gasteiger partial charge in [0.15, 0.2) is 0 Å². The van der Waals surface area contributed by atoms with Crippen molar-refractivity contribution in [2.75, 3.05) is 40.9 Å². The topological polar surface area (TPSA) is 105 Å². The summed E-state index contributed by atoms with van der Waals surface area (Å²) in [4.78, 5) is 23.4. The van der Waals surface area contributed by atoms with Gasteiger partial charge in [-0.1, -0.05) is 315 Å². The Bertz CT molecular complexity index is 1160. The van der Waals surface area contributed by atoms with Gasteiger partial charge in [0, 0.05) is 6.42 Å². The van der Waals surface area contributed by atoms with Gasteiger partial charge < -0.3 is 19.8 Å². The van der Waals surface area contributed by atoms with Gasteiger partial charge in [-0.05, 0) is 19.3 Å². The number of quaternary nitrogens is 1. The van der Waals surface area contributed by atoms with Crippen molar-refractivity contribution < 1.29 is 32.9 Å². The number of phosphoric ester groups is 1. The summed E-state index contributed by atoms with van der Waals surface area (Å²) in [6, 6.07) is -0.843. The summed E-state index contributed by atoms with van der Waals surface area (Å²) in [6.45, 7) is 4.88. The van der Waals surface area contributed by atoms with E-state index >= 15 is 0 Å². The first-order chi connectivity index (χ1) is 34.5. The number of carbonyl (C=O) groups excluding carboxylic acids is 1. The van der Waals surface area contributed by atoms with Crippen LogP contribution in [0.4, 0.5) is 0 Å². The molecule has 0 aromatic rings. The standard InChI is InChI=1S/C62H125N2O6P/c1-6-8-10-12-14-16-18-20-22-24-26-28-30-32-34-36-38-40-42-44-46-48-50-52-54-56-62(66)63-60(59-70-71(67,68)69-58-57-64(3,4)5)61(65)55-53-51-49-47-45-43-41-39-37-35-33-31-29-27-25-23-21-19-17-15-13-11-9-7-2/h53,55,60-61,65H,6-52,54,56-59H2,1-5H3,(H-,63,66,67,68)/p+1/b55-53+. The number of nitrogens with zero attached hydrogens (tertiary/aromatic N) is 1. The first-order valence-electron chi connectivity index (χ1n) is 31.6. The number of allylic oxidation sites excluding steroid dienone is 1. The lowest BCUT2D eigenvalue weighted by Gasteiger charge is -2.25. The lowest BCUT2D eigenvalue weighted by atomic mass is 10.0. The Morgan fingerprint density at radius 3 is 1.04 bits per heavy atom. The molecule has 3 unspecified atom stereocenters. The van der Waals surface area contributed by atoms with Crippen LogP contribution in [0.5, 0.6) is 0 Å². The fourth-order valence-electron chi connectivity index (χ4n) is 9.81. The number of unbranched alkanes of at least 4 members (excludes halogenated alkanes) is 46. The molecule has 0 saturated carbocycles. The van der Waals surface area contributed by atoms with E-state index in [4.69, 9.17) is 9.05 Å². The Morgan fingerprint density at radius 1 is 0.465 bits per heavy atom. The molecule has 424 valence electrons. The summed E-state index contributed by atoms with van der Waals surface area (Å²) in [5.41, 5.74) is 0. The highest BCUT2D eigenvalue weighted by Gasteiger charge is 2.28. The van der Waals surface area contributed by atoms with Crippen LogP contribution in [-0.4, -0.2) is 73.4 Å². The second-order valence-corrected chi connectivity index (χ2v) is 24.6. The molecule has 0 aliphatic carbocycles. The number of hydrogen-bond donors (Lipinski definition) is 3. The Kier molecular flexibility index (Phi) is 53.5. The highest BCUT2D eigenvalue weighted by molar-refractivity contribution is 7.47. The van der Waals surface area contributed by atoms with Crippen molar-refractivity contribution in [3.8, 4) is 0 Å². The van der Waals surface area contributed by atoms with Gasteiger partial charge in [-0.25, -0.2) is 4.57 Å². The Morgan fingerprint density at radius 2 is 0.746 bits per heavy atom. The first kappa shape index (κ1) is 70.2. The largest absolute Gasteiger partial charge is 0.472 e. The van der Waals surface area contributed by atoms with Crippen LogP contribution < -0.4 is 5.32 Å². The van der Waals surface area contributed by atoms with Gasteiger partial charge in [-0.2, -0.15) is 0 Å². The highest BCUT2D eigenvalue weighted by atomic mass is 31.2. The van der Waals surface area contributed by atoms with E-state index in [9.17, 15) is 19.4 Å². The van der Waals surface area contributed by atoms with Crippen LogP contribution in [0.2, 0.25) is 0 Å². The van der Waals surface area contributed by atoms with Crippen molar-refractivity contribution in [1.82, 2.24) is 5.32 Å². The van der Waals surface area contributed by atoms with Gasteiger partial charge in [0.2, 0.25) is 5.91 Å². The zero-order valence-electron chi connectivity index (χ0n) is 48.5. The molecule has 3 atom stereocenters. The molecule has 1 amide bonds. The molecule has 0 spiro atoms. The Labute approximate surface area is 443 Å². The van der Waals surface area contributed by atoms with Crippen LogP contribution in [-0.2, 0) is 18.4 Å². The number of hydrogen-bond acceptors (Lipinski definition) is 5. The van der Waals surface area contributed by atoms with Crippen LogP contribution in [0.25, 0.3) is 0 Å². The smallest absolute Gasteiger partial charge is 0.387 e. The summed E-state index contributed by atoms with van der Waals surface area (Å²) < 4.78 is 23.8. The molecule has 0 fully saturated rings. The molecule has 0 aliphatic heterocycles. The fourth-order valence-corrected chi connectivity index (χ4v) is 10.5. The molecule has 9 heteroatoms. The molecule has 8 nitrogen and oxygen atoms in total. The quantitative estimate of drug-likeness (QED) is 0.0243. The van der Waals surface area contributed by atoms with Gasteiger partial charge in [0.05, 0.1) is 39.9 Å². The van der Waals surface area contributed by atoms with E-state index in [0.29, 0.717) is 17.4 Å². The SMILES string of the molecule is CCCCCCCCCCCCCCCCCCCCCCCC/C=C/C(O)C(COP(=O)(O)OCC[N+](C)(C)C)NC(=O)CCCCCCCCCCCCCCCCCCCCCCCCCCC. The minimum absolute atomic E-state index is 0.0654. The molecule has 0 aromatic heterocycles. The van der Waals surface area contributed by atoms with Gasteiger partial charge in [-0.3, -0.25) is 13.8 Å². The maximum Gasteiger partial charge on any atom is 0.472 e. The van der Waals surface area contributed by atoms with Crippen LogP contribution in [0.15, 0.2) is 12.2 Å². The van der Waals surface area contributed by atoms with Crippen LogP contribution in [0.1, 0.15) is 328 Å². The molecule has 0 rings (SSSR count). The van der Waals surface area contributed by atoms with Crippen molar-refractivity contribution in [2.24, 2.45) is 0 Å². The lowest BCUT2D eigenvalue weighted by molar-refractivity contribution is -0.870. The third-order valence-corrected chi connectivity index (χ3v) is 15.7. The molecule has 0 aromatic carbocycles. The van der Waals surface area contributed by atoms with Gasteiger partial charge in [-0.15, -0.1) is 0 Å².